The molecule has 0 fully saturated rings. The average Bonchev–Trinajstić information content (AvgIpc) is 2.43. The van der Waals surface area contributed by atoms with E-state index in [1.165, 1.54) is 30.3 Å². The molecule has 0 saturated carbocycles. The normalized spacial score (nSPS) is 10.0. The first-order valence-electron chi connectivity index (χ1n) is 5.74. The van der Waals surface area contributed by atoms with Crippen LogP contribution in [0.5, 0.6) is 0 Å². The molecule has 0 unspecified atom stereocenters. The molecule has 0 heterocycles. The van der Waals surface area contributed by atoms with Gasteiger partial charge in [-0.25, -0.2) is 4.79 Å². The standard InChI is InChI=1S/C13H9Cl2N3O3/c14-8-5-6-9(15)11(7-8)17-13(19)16-10-3-1-2-4-12(10)18(20)21/h1-7H,(H2,16,17,19). The predicted molar refractivity (Wildman–Crippen MR) is 82.2 cm³/mol. The number of nitro groups is 1. The number of para-hydroxylation sites is 2. The van der Waals surface area contributed by atoms with Crippen molar-refractivity contribution in [3.63, 3.8) is 0 Å². The second-order valence-electron chi connectivity index (χ2n) is 3.98. The van der Waals surface area contributed by atoms with Crippen LogP contribution < -0.4 is 10.6 Å². The smallest absolute Gasteiger partial charge is 0.306 e. The van der Waals surface area contributed by atoms with Crippen molar-refractivity contribution in [2.24, 2.45) is 0 Å². The Morgan fingerprint density at radius 1 is 1.05 bits per heavy atom. The first-order valence-corrected chi connectivity index (χ1v) is 6.49. The van der Waals surface area contributed by atoms with Gasteiger partial charge >= 0.3 is 6.03 Å². The van der Waals surface area contributed by atoms with Gasteiger partial charge in [0.15, 0.2) is 0 Å². The Bertz CT molecular complexity index is 707. The number of nitrogens with one attached hydrogen (secondary N) is 2. The van der Waals surface area contributed by atoms with Gasteiger partial charge in [-0.15, -0.1) is 0 Å². The number of carbonyl (C=O) groups excluding carboxylic acids is 1. The van der Waals surface area contributed by atoms with E-state index in [0.29, 0.717) is 15.7 Å². The molecule has 0 aromatic heterocycles. The van der Waals surface area contributed by atoms with Crippen molar-refractivity contribution in [1.29, 1.82) is 0 Å². The highest BCUT2D eigenvalue weighted by Gasteiger charge is 2.15. The summed E-state index contributed by atoms with van der Waals surface area (Å²) < 4.78 is 0. The molecular formula is C13H9Cl2N3O3. The maximum Gasteiger partial charge on any atom is 0.323 e. The Morgan fingerprint density at radius 3 is 2.43 bits per heavy atom. The summed E-state index contributed by atoms with van der Waals surface area (Å²) in [4.78, 5) is 22.1. The van der Waals surface area contributed by atoms with E-state index in [0.717, 1.165) is 0 Å². The average molecular weight is 326 g/mol. The fraction of sp³-hybridized carbons (Fsp3) is 0. The topological polar surface area (TPSA) is 84.3 Å². The van der Waals surface area contributed by atoms with E-state index >= 15 is 0 Å². The second-order valence-corrected chi connectivity index (χ2v) is 4.82. The van der Waals surface area contributed by atoms with Crippen molar-refractivity contribution in [2.75, 3.05) is 10.6 Å². The maximum atomic E-state index is 11.9. The summed E-state index contributed by atoms with van der Waals surface area (Å²) in [5.74, 6) is 0. The van der Waals surface area contributed by atoms with Crippen molar-refractivity contribution in [2.45, 2.75) is 0 Å². The van der Waals surface area contributed by atoms with Gasteiger partial charge in [-0.2, -0.15) is 0 Å². The zero-order chi connectivity index (χ0) is 15.4. The zero-order valence-corrected chi connectivity index (χ0v) is 12.0. The number of carbonyl (C=O) groups is 1. The van der Waals surface area contributed by atoms with E-state index in [1.807, 2.05) is 0 Å². The quantitative estimate of drug-likeness (QED) is 0.641. The monoisotopic (exact) mass is 325 g/mol. The van der Waals surface area contributed by atoms with Gasteiger partial charge in [-0.05, 0) is 24.3 Å². The van der Waals surface area contributed by atoms with E-state index < -0.39 is 11.0 Å². The molecule has 2 aromatic rings. The Balaban J connectivity index is 2.16. The van der Waals surface area contributed by atoms with Gasteiger partial charge in [-0.3, -0.25) is 10.1 Å². The van der Waals surface area contributed by atoms with Crippen LogP contribution in [0.2, 0.25) is 10.0 Å². The Hall–Kier alpha value is -2.31. The molecule has 0 aliphatic carbocycles. The number of hydrogen-bond donors (Lipinski definition) is 2. The van der Waals surface area contributed by atoms with E-state index in [2.05, 4.69) is 10.6 Å². The van der Waals surface area contributed by atoms with Crippen molar-refractivity contribution in [1.82, 2.24) is 0 Å². The fourth-order valence-electron chi connectivity index (χ4n) is 1.61. The fourth-order valence-corrected chi connectivity index (χ4v) is 1.94. The number of anilines is 2. The predicted octanol–water partition coefficient (Wildman–Crippen LogP) is 4.55. The van der Waals surface area contributed by atoms with Crippen LogP contribution in [0.1, 0.15) is 0 Å². The summed E-state index contributed by atoms with van der Waals surface area (Å²) in [5.41, 5.74) is 0.184. The molecule has 8 heteroatoms. The highest BCUT2D eigenvalue weighted by Crippen LogP contribution is 2.27. The SMILES string of the molecule is O=C(Nc1cc(Cl)ccc1Cl)Nc1ccccc1[N+](=O)[O-]. The first-order chi connectivity index (χ1) is 9.97. The van der Waals surface area contributed by atoms with Gasteiger partial charge in [0.25, 0.3) is 5.69 Å². The van der Waals surface area contributed by atoms with Crippen LogP contribution in [0.4, 0.5) is 21.9 Å². The lowest BCUT2D eigenvalue weighted by atomic mass is 10.2. The molecule has 0 aliphatic rings. The van der Waals surface area contributed by atoms with Crippen molar-refractivity contribution in [3.05, 3.63) is 62.6 Å². The van der Waals surface area contributed by atoms with Crippen LogP contribution in [-0.4, -0.2) is 11.0 Å². The van der Waals surface area contributed by atoms with Crippen LogP contribution in [0.25, 0.3) is 0 Å². The lowest BCUT2D eigenvalue weighted by Crippen LogP contribution is -2.20. The second kappa shape index (κ2) is 6.43. The van der Waals surface area contributed by atoms with E-state index in [4.69, 9.17) is 23.2 Å². The molecule has 21 heavy (non-hydrogen) atoms. The van der Waals surface area contributed by atoms with Crippen LogP contribution in [0.3, 0.4) is 0 Å². The minimum absolute atomic E-state index is 0.0816. The number of benzene rings is 2. The minimum Gasteiger partial charge on any atom is -0.306 e. The Morgan fingerprint density at radius 2 is 1.71 bits per heavy atom. The molecule has 0 radical (unpaired) electrons. The van der Waals surface area contributed by atoms with Crippen LogP contribution in [0, 0.1) is 10.1 Å². The number of urea groups is 1. The van der Waals surface area contributed by atoms with Gasteiger partial charge in [-0.1, -0.05) is 35.3 Å². The van der Waals surface area contributed by atoms with Crippen molar-refractivity contribution < 1.29 is 9.72 Å². The molecule has 0 bridgehead atoms. The first kappa shape index (κ1) is 15.1. The molecule has 2 amide bonds. The summed E-state index contributed by atoms with van der Waals surface area (Å²) in [5, 5.41) is 16.4. The minimum atomic E-state index is -0.659. The van der Waals surface area contributed by atoms with Gasteiger partial charge in [0.2, 0.25) is 0 Å². The zero-order valence-electron chi connectivity index (χ0n) is 10.5. The van der Waals surface area contributed by atoms with Crippen LogP contribution >= 0.6 is 23.2 Å². The lowest BCUT2D eigenvalue weighted by Gasteiger charge is -2.09. The molecule has 0 saturated heterocycles. The summed E-state index contributed by atoms with van der Waals surface area (Å²) in [6, 6.07) is 9.74. The molecule has 2 rings (SSSR count). The number of nitrogens with zero attached hydrogens (tertiary/aromatic N) is 1. The van der Waals surface area contributed by atoms with Crippen LogP contribution in [0.15, 0.2) is 42.5 Å². The number of rotatable bonds is 3. The van der Waals surface area contributed by atoms with E-state index in [1.54, 1.807) is 12.1 Å². The molecule has 0 aliphatic heterocycles. The number of amides is 2. The van der Waals surface area contributed by atoms with Gasteiger partial charge in [0.1, 0.15) is 5.69 Å². The summed E-state index contributed by atoms with van der Waals surface area (Å²) in [6.45, 7) is 0. The van der Waals surface area contributed by atoms with Gasteiger partial charge in [0, 0.05) is 11.1 Å². The molecule has 108 valence electrons. The number of halogens is 2. The molecule has 6 nitrogen and oxygen atoms in total. The van der Waals surface area contributed by atoms with Crippen molar-refractivity contribution in [3.8, 4) is 0 Å². The Kier molecular flexibility index (Phi) is 4.62. The third kappa shape index (κ3) is 3.84. The molecular weight excluding hydrogens is 317 g/mol. The van der Waals surface area contributed by atoms with Gasteiger partial charge in [0.05, 0.1) is 15.6 Å². The summed E-state index contributed by atoms with van der Waals surface area (Å²) in [7, 11) is 0. The highest BCUT2D eigenvalue weighted by atomic mass is 35.5. The number of nitro benzene ring substituents is 1. The van der Waals surface area contributed by atoms with Crippen LogP contribution in [-0.2, 0) is 0 Å². The largest absolute Gasteiger partial charge is 0.323 e. The third-order valence-electron chi connectivity index (χ3n) is 2.53. The lowest BCUT2D eigenvalue weighted by molar-refractivity contribution is -0.383. The maximum absolute atomic E-state index is 11.9. The molecule has 0 atom stereocenters. The Labute approximate surface area is 129 Å². The third-order valence-corrected chi connectivity index (χ3v) is 3.09. The van der Waals surface area contributed by atoms with Crippen molar-refractivity contribution >= 4 is 46.3 Å². The highest BCUT2D eigenvalue weighted by molar-refractivity contribution is 6.35. The summed E-state index contributed by atoms with van der Waals surface area (Å²) >= 11 is 11.7. The van der Waals surface area contributed by atoms with E-state index in [9.17, 15) is 14.9 Å². The van der Waals surface area contributed by atoms with E-state index in [-0.39, 0.29) is 11.4 Å². The summed E-state index contributed by atoms with van der Waals surface area (Å²) in [6.07, 6.45) is 0. The molecule has 2 N–H and O–H groups in total. The molecule has 2 aromatic carbocycles. The van der Waals surface area contributed by atoms with Gasteiger partial charge < -0.3 is 10.6 Å². The molecule has 0 spiro atoms. The number of hydrogen-bond acceptors (Lipinski definition) is 3.